The van der Waals surface area contributed by atoms with Crippen LogP contribution in [0.2, 0.25) is 18.1 Å². The Hall–Kier alpha value is -3.30. The molecule has 190 valence electrons. The molecule has 2 aliphatic rings. The Balaban J connectivity index is 2.27. The number of anilines is 1. The average molecular weight is 508 g/mol. The van der Waals surface area contributed by atoms with E-state index >= 15 is 0 Å². The van der Waals surface area contributed by atoms with Gasteiger partial charge in [0, 0.05) is 5.56 Å². The zero-order valence-corrected chi connectivity index (χ0v) is 22.2. The summed E-state index contributed by atoms with van der Waals surface area (Å²) in [5, 5.41) is 10.3. The third-order valence-corrected chi connectivity index (χ3v) is 12.0. The highest BCUT2D eigenvalue weighted by molar-refractivity contribution is 6.73. The second-order valence-electron chi connectivity index (χ2n) is 8.88. The fraction of sp³-hybridized carbons (Fsp3) is 0.429. The van der Waals surface area contributed by atoms with E-state index in [1.165, 1.54) is 35.3 Å². The molecule has 1 fully saturated rings. The van der Waals surface area contributed by atoms with Crippen LogP contribution in [0.1, 0.15) is 33.3 Å². The van der Waals surface area contributed by atoms with Crippen LogP contribution in [0, 0.1) is 24.2 Å². The lowest BCUT2D eigenvalue weighted by atomic mass is 9.74. The standard InChI is InChI=1S/C28H33NO6Si/c1-7-12-13-14-15-25-28(21(6)34-36(9-3,10-4)11-5)27(20-30,35-28)23-19-22(31)16-17-24(23)29(25)26(32)33-18-8-2/h1,8,12-13,16-17,19-21,25,31H,2,9-11,18H2,3-6H3/b13-12-/t21-,25-,27+,28-/m0/s1. The first-order valence-corrected chi connectivity index (χ1v) is 14.7. The van der Waals surface area contributed by atoms with Gasteiger partial charge in [-0.2, -0.15) is 0 Å². The third-order valence-electron chi connectivity index (χ3n) is 7.31. The molecule has 3 rings (SSSR count). The second-order valence-corrected chi connectivity index (χ2v) is 13.6. The number of nitrogens with zero attached hydrogens (tertiary/aromatic N) is 1. The van der Waals surface area contributed by atoms with Crippen LogP contribution in [0.15, 0.2) is 43.0 Å². The lowest BCUT2D eigenvalue weighted by Gasteiger charge is -2.43. The van der Waals surface area contributed by atoms with E-state index < -0.39 is 37.8 Å². The summed E-state index contributed by atoms with van der Waals surface area (Å²) in [5.74, 6) is 8.30. The first kappa shape index (κ1) is 27.3. The minimum absolute atomic E-state index is 0.0177. The minimum Gasteiger partial charge on any atom is -0.508 e. The summed E-state index contributed by atoms with van der Waals surface area (Å²) in [5.41, 5.74) is -2.06. The molecule has 1 aromatic carbocycles. The number of phenols is 1. The fourth-order valence-electron chi connectivity index (χ4n) is 5.17. The smallest absolute Gasteiger partial charge is 0.415 e. The number of epoxide rings is 1. The van der Waals surface area contributed by atoms with Crippen molar-refractivity contribution in [1.82, 2.24) is 0 Å². The number of rotatable bonds is 9. The van der Waals surface area contributed by atoms with Crippen molar-refractivity contribution in [2.24, 2.45) is 0 Å². The number of hydrogen-bond donors (Lipinski definition) is 1. The number of amides is 1. The number of ether oxygens (including phenoxy) is 2. The van der Waals surface area contributed by atoms with Crippen LogP contribution in [0.4, 0.5) is 10.5 Å². The van der Waals surface area contributed by atoms with E-state index in [2.05, 4.69) is 45.1 Å². The van der Waals surface area contributed by atoms with E-state index in [0.29, 0.717) is 11.3 Å². The molecule has 0 radical (unpaired) electrons. The molecular formula is C28H33NO6Si. The molecule has 1 amide bonds. The van der Waals surface area contributed by atoms with Crippen molar-refractivity contribution in [3.63, 3.8) is 0 Å². The van der Waals surface area contributed by atoms with E-state index in [1.54, 1.807) is 6.07 Å². The SMILES string of the molecule is C#C/C=C\C#C[C@@H]1N(C(=O)OCC=C)c2ccc(O)cc2[C@@]2(C=O)O[C@@]12[C@H](C)O[Si](CC)(CC)CC. The van der Waals surface area contributed by atoms with Crippen LogP contribution in [0.5, 0.6) is 5.75 Å². The van der Waals surface area contributed by atoms with Crippen LogP contribution < -0.4 is 4.90 Å². The van der Waals surface area contributed by atoms with Crippen LogP contribution in [0.25, 0.3) is 0 Å². The lowest BCUT2D eigenvalue weighted by Crippen LogP contribution is -2.61. The van der Waals surface area contributed by atoms with Crippen LogP contribution in [-0.2, 0) is 24.3 Å². The Morgan fingerprint density at radius 3 is 2.61 bits per heavy atom. The van der Waals surface area contributed by atoms with Gasteiger partial charge in [-0.25, -0.2) is 4.79 Å². The first-order chi connectivity index (χ1) is 17.3. The lowest BCUT2D eigenvalue weighted by molar-refractivity contribution is -0.112. The van der Waals surface area contributed by atoms with Crippen molar-refractivity contribution in [1.29, 1.82) is 0 Å². The molecule has 0 unspecified atom stereocenters. The van der Waals surface area contributed by atoms with Crippen LogP contribution in [0.3, 0.4) is 0 Å². The average Bonchev–Trinajstić information content (AvgIpc) is 3.60. The largest absolute Gasteiger partial charge is 0.508 e. The van der Waals surface area contributed by atoms with Crippen LogP contribution >= 0.6 is 0 Å². The molecular weight excluding hydrogens is 474 g/mol. The minimum atomic E-state index is -2.16. The van der Waals surface area contributed by atoms with Crippen molar-refractivity contribution in [3.8, 4) is 29.9 Å². The van der Waals surface area contributed by atoms with Crippen molar-refractivity contribution >= 4 is 26.4 Å². The van der Waals surface area contributed by atoms with Gasteiger partial charge >= 0.3 is 6.09 Å². The maximum Gasteiger partial charge on any atom is 0.415 e. The van der Waals surface area contributed by atoms with Crippen molar-refractivity contribution in [2.75, 3.05) is 11.5 Å². The highest BCUT2D eigenvalue weighted by Gasteiger charge is 2.82. The zero-order valence-electron chi connectivity index (χ0n) is 21.2. The monoisotopic (exact) mass is 507 g/mol. The Morgan fingerprint density at radius 1 is 1.33 bits per heavy atom. The fourth-order valence-corrected chi connectivity index (χ4v) is 8.09. The zero-order chi connectivity index (χ0) is 26.6. The highest BCUT2D eigenvalue weighted by atomic mass is 28.4. The number of aldehydes is 1. The number of fused-ring (bicyclic) bond motifs is 3. The van der Waals surface area contributed by atoms with Gasteiger partial charge in [-0.1, -0.05) is 51.2 Å². The number of aromatic hydroxyl groups is 1. The predicted molar refractivity (Wildman–Crippen MR) is 141 cm³/mol. The second kappa shape index (κ2) is 10.8. The predicted octanol–water partition coefficient (Wildman–Crippen LogP) is 4.67. The van der Waals surface area contributed by atoms with Crippen molar-refractivity contribution < 1.29 is 28.6 Å². The number of allylic oxidation sites excluding steroid dienone is 2. The summed E-state index contributed by atoms with van der Waals surface area (Å²) in [4.78, 5) is 27.5. The van der Waals surface area contributed by atoms with Crippen molar-refractivity contribution in [3.05, 3.63) is 48.6 Å². The number of hydrogen-bond acceptors (Lipinski definition) is 6. The summed E-state index contributed by atoms with van der Waals surface area (Å²) in [6.45, 7) is 11.8. The Bertz CT molecular complexity index is 1150. The molecule has 1 saturated heterocycles. The summed E-state index contributed by atoms with van der Waals surface area (Å²) >= 11 is 0. The number of carbonyl (C=O) groups is 2. The molecule has 4 atom stereocenters. The van der Waals surface area contributed by atoms with Crippen molar-refractivity contribution in [2.45, 2.75) is 69.2 Å². The molecule has 36 heavy (non-hydrogen) atoms. The van der Waals surface area contributed by atoms with E-state index in [9.17, 15) is 14.7 Å². The summed E-state index contributed by atoms with van der Waals surface area (Å²) < 4.78 is 18.6. The van der Waals surface area contributed by atoms with E-state index in [-0.39, 0.29) is 12.4 Å². The Kier molecular flexibility index (Phi) is 8.15. The number of benzene rings is 1. The van der Waals surface area contributed by atoms with E-state index in [4.69, 9.17) is 20.3 Å². The summed E-state index contributed by atoms with van der Waals surface area (Å²) in [6, 6.07) is 6.16. The number of terminal acetylenes is 1. The molecule has 0 spiro atoms. The van der Waals surface area contributed by atoms with E-state index in [1.807, 2.05) is 6.92 Å². The maximum atomic E-state index is 13.4. The highest BCUT2D eigenvalue weighted by Crippen LogP contribution is 2.65. The molecule has 1 N–H and O–H groups in total. The van der Waals surface area contributed by atoms with Crippen LogP contribution in [-0.4, -0.2) is 50.2 Å². The quantitative estimate of drug-likeness (QED) is 0.172. The molecule has 0 saturated carbocycles. The van der Waals surface area contributed by atoms with Gasteiger partial charge in [0.25, 0.3) is 0 Å². The van der Waals surface area contributed by atoms with Gasteiger partial charge in [-0.3, -0.25) is 9.69 Å². The summed E-state index contributed by atoms with van der Waals surface area (Å²) in [6.07, 6.45) is 9.14. The molecule has 2 aliphatic heterocycles. The molecule has 7 nitrogen and oxygen atoms in total. The first-order valence-electron chi connectivity index (χ1n) is 12.1. The molecule has 0 aliphatic carbocycles. The Labute approximate surface area is 214 Å². The Morgan fingerprint density at radius 2 is 2.03 bits per heavy atom. The topological polar surface area (TPSA) is 88.6 Å². The van der Waals surface area contributed by atoms with Gasteiger partial charge in [0.05, 0.1) is 11.8 Å². The normalized spacial score (nSPS) is 25.0. The van der Waals surface area contributed by atoms with Gasteiger partial charge in [0.1, 0.15) is 18.4 Å². The molecule has 1 aromatic rings. The van der Waals surface area contributed by atoms with Gasteiger partial charge in [0.2, 0.25) is 0 Å². The summed E-state index contributed by atoms with van der Waals surface area (Å²) in [7, 11) is -2.16. The molecule has 0 bridgehead atoms. The molecule has 2 heterocycles. The van der Waals surface area contributed by atoms with E-state index in [0.717, 1.165) is 24.4 Å². The molecule has 8 heteroatoms. The number of phenolic OH excluding ortho intramolecular Hbond substituents is 1. The third kappa shape index (κ3) is 4.26. The molecule has 0 aromatic heterocycles. The van der Waals surface area contributed by atoms with Gasteiger partial charge in [-0.05, 0) is 55.4 Å². The van der Waals surface area contributed by atoms with Gasteiger partial charge in [0.15, 0.2) is 25.8 Å². The van der Waals surface area contributed by atoms with Gasteiger partial charge < -0.3 is 19.0 Å². The van der Waals surface area contributed by atoms with Gasteiger partial charge in [-0.15, -0.1) is 6.42 Å². The number of carbonyl (C=O) groups excluding carboxylic acids is 2. The maximum absolute atomic E-state index is 13.4.